The lowest BCUT2D eigenvalue weighted by Gasteiger charge is -2.05. The highest BCUT2D eigenvalue weighted by Gasteiger charge is 2.07. The first kappa shape index (κ1) is 10.2. The summed E-state index contributed by atoms with van der Waals surface area (Å²) in [5.74, 6) is 0.0446. The van der Waals surface area contributed by atoms with E-state index in [1.165, 1.54) is 18.3 Å². The largest absolute Gasteiger partial charge is 0.310 e. The van der Waals surface area contributed by atoms with Crippen molar-refractivity contribution in [2.24, 2.45) is 0 Å². The molecule has 0 spiro atoms. The number of hydrogen-bond donors (Lipinski definition) is 0. The van der Waals surface area contributed by atoms with Gasteiger partial charge in [0.15, 0.2) is 0 Å². The van der Waals surface area contributed by atoms with Gasteiger partial charge in [0.1, 0.15) is 0 Å². The predicted octanol–water partition coefficient (Wildman–Crippen LogP) is 1.85. The van der Waals surface area contributed by atoms with Crippen molar-refractivity contribution in [2.75, 3.05) is 0 Å². The van der Waals surface area contributed by atoms with Crippen LogP contribution in [0.3, 0.4) is 0 Å². The minimum absolute atomic E-state index is 0.0446. The first-order valence-corrected chi connectivity index (χ1v) is 4.21. The zero-order valence-corrected chi connectivity index (χ0v) is 7.47. The van der Waals surface area contributed by atoms with Crippen LogP contribution in [0, 0.1) is 0 Å². The van der Waals surface area contributed by atoms with E-state index in [0.717, 1.165) is 4.57 Å². The van der Waals surface area contributed by atoms with E-state index >= 15 is 0 Å². The Balaban J connectivity index is 3.02. The number of hydrogen-bond acceptors (Lipinski definition) is 1. The Bertz CT molecular complexity index is 337. The summed E-state index contributed by atoms with van der Waals surface area (Å²) in [7, 11) is 0. The number of pyridine rings is 1. The molecule has 0 aliphatic heterocycles. The monoisotopic (exact) mass is 207 g/mol. The molecule has 0 saturated carbocycles. The Morgan fingerprint density at radius 2 is 2.23 bits per heavy atom. The lowest BCUT2D eigenvalue weighted by Crippen LogP contribution is -2.24. The first-order valence-electron chi connectivity index (χ1n) is 3.67. The standard InChI is InChI=1S/C8H8ClF2NO/c9-4-6-2-1-3-12(8(6)13)5-7(10)11/h1-3,7H,4-5H2. The molecule has 0 saturated heterocycles. The predicted molar refractivity (Wildman–Crippen MR) is 46.3 cm³/mol. The van der Waals surface area contributed by atoms with E-state index in [4.69, 9.17) is 11.6 Å². The first-order chi connectivity index (χ1) is 6.15. The second kappa shape index (κ2) is 4.37. The van der Waals surface area contributed by atoms with Gasteiger partial charge in [-0.15, -0.1) is 11.6 Å². The highest BCUT2D eigenvalue weighted by Crippen LogP contribution is 1.99. The highest BCUT2D eigenvalue weighted by atomic mass is 35.5. The van der Waals surface area contributed by atoms with Gasteiger partial charge in [0, 0.05) is 11.8 Å². The summed E-state index contributed by atoms with van der Waals surface area (Å²) in [6.45, 7) is -0.580. The number of nitrogens with zero attached hydrogens (tertiary/aromatic N) is 1. The average molecular weight is 208 g/mol. The van der Waals surface area contributed by atoms with E-state index < -0.39 is 18.5 Å². The molecule has 2 nitrogen and oxygen atoms in total. The molecule has 1 heterocycles. The van der Waals surface area contributed by atoms with Crippen LogP contribution in [0.1, 0.15) is 5.56 Å². The van der Waals surface area contributed by atoms with Gasteiger partial charge >= 0.3 is 0 Å². The van der Waals surface area contributed by atoms with Crippen molar-refractivity contribution < 1.29 is 8.78 Å². The Morgan fingerprint density at radius 1 is 1.54 bits per heavy atom. The van der Waals surface area contributed by atoms with E-state index in [1.54, 1.807) is 0 Å². The van der Waals surface area contributed by atoms with Crippen LogP contribution in [-0.4, -0.2) is 11.0 Å². The van der Waals surface area contributed by atoms with Crippen LogP contribution >= 0.6 is 11.6 Å². The summed E-state index contributed by atoms with van der Waals surface area (Å²) in [5, 5.41) is 0. The molecule has 0 atom stereocenters. The van der Waals surface area contributed by atoms with E-state index in [1.807, 2.05) is 0 Å². The van der Waals surface area contributed by atoms with Crippen molar-refractivity contribution in [1.29, 1.82) is 0 Å². The summed E-state index contributed by atoms with van der Waals surface area (Å²) in [6, 6.07) is 3.05. The summed E-state index contributed by atoms with van der Waals surface area (Å²) in [6.07, 6.45) is -1.20. The molecule has 0 unspecified atom stereocenters. The van der Waals surface area contributed by atoms with Gasteiger partial charge in [0.05, 0.1) is 12.4 Å². The number of rotatable bonds is 3. The Hall–Kier alpha value is -0.900. The quantitative estimate of drug-likeness (QED) is 0.694. The SMILES string of the molecule is O=c1c(CCl)cccn1CC(F)F. The maximum absolute atomic E-state index is 11.9. The second-order valence-corrected chi connectivity index (χ2v) is 2.78. The zero-order chi connectivity index (χ0) is 9.84. The van der Waals surface area contributed by atoms with Gasteiger partial charge in [0.2, 0.25) is 0 Å². The van der Waals surface area contributed by atoms with E-state index in [0.29, 0.717) is 5.56 Å². The summed E-state index contributed by atoms with van der Waals surface area (Å²) < 4.78 is 24.8. The van der Waals surface area contributed by atoms with Crippen LogP contribution in [0.25, 0.3) is 0 Å². The third-order valence-electron chi connectivity index (χ3n) is 1.58. The molecule has 1 rings (SSSR count). The van der Waals surface area contributed by atoms with Crippen molar-refractivity contribution in [3.8, 4) is 0 Å². The van der Waals surface area contributed by atoms with Gasteiger partial charge in [-0.05, 0) is 6.07 Å². The maximum Gasteiger partial charge on any atom is 0.256 e. The van der Waals surface area contributed by atoms with Crippen molar-refractivity contribution in [2.45, 2.75) is 18.9 Å². The number of halogens is 3. The molecule has 0 radical (unpaired) electrons. The molecule has 0 bridgehead atoms. The molecular formula is C8H8ClF2NO. The molecule has 1 aromatic heterocycles. The van der Waals surface area contributed by atoms with Crippen LogP contribution in [0.2, 0.25) is 0 Å². The average Bonchev–Trinajstić information content (AvgIpc) is 2.08. The fourth-order valence-electron chi connectivity index (χ4n) is 0.981. The zero-order valence-electron chi connectivity index (χ0n) is 6.71. The van der Waals surface area contributed by atoms with E-state index in [9.17, 15) is 13.6 Å². The topological polar surface area (TPSA) is 22.0 Å². The van der Waals surface area contributed by atoms with Crippen molar-refractivity contribution in [3.05, 3.63) is 34.2 Å². The number of aromatic nitrogens is 1. The number of alkyl halides is 3. The molecule has 0 fully saturated rings. The minimum Gasteiger partial charge on any atom is -0.310 e. The van der Waals surface area contributed by atoms with Crippen molar-refractivity contribution >= 4 is 11.6 Å². The van der Waals surface area contributed by atoms with E-state index in [-0.39, 0.29) is 5.88 Å². The normalized spacial score (nSPS) is 10.8. The second-order valence-electron chi connectivity index (χ2n) is 2.52. The molecule has 72 valence electrons. The van der Waals surface area contributed by atoms with Crippen LogP contribution in [0.4, 0.5) is 8.78 Å². The molecular weight excluding hydrogens is 200 g/mol. The molecule has 0 aliphatic rings. The Kier molecular flexibility index (Phi) is 3.42. The van der Waals surface area contributed by atoms with E-state index in [2.05, 4.69) is 0 Å². The summed E-state index contributed by atoms with van der Waals surface area (Å²) >= 11 is 5.44. The van der Waals surface area contributed by atoms with Crippen LogP contribution in [-0.2, 0) is 12.4 Å². The van der Waals surface area contributed by atoms with Crippen LogP contribution in [0.15, 0.2) is 23.1 Å². The molecule has 0 aliphatic carbocycles. The van der Waals surface area contributed by atoms with Gasteiger partial charge in [-0.25, -0.2) is 8.78 Å². The summed E-state index contributed by atoms with van der Waals surface area (Å²) in [5.41, 5.74) is -0.109. The fraction of sp³-hybridized carbons (Fsp3) is 0.375. The van der Waals surface area contributed by atoms with Gasteiger partial charge in [0.25, 0.3) is 12.0 Å². The third kappa shape index (κ3) is 2.52. The van der Waals surface area contributed by atoms with Crippen LogP contribution in [0.5, 0.6) is 0 Å². The lowest BCUT2D eigenvalue weighted by molar-refractivity contribution is 0.125. The lowest BCUT2D eigenvalue weighted by atomic mass is 10.3. The van der Waals surface area contributed by atoms with Gasteiger partial charge in [-0.1, -0.05) is 6.07 Å². The van der Waals surface area contributed by atoms with Gasteiger partial charge < -0.3 is 4.57 Å². The van der Waals surface area contributed by atoms with Crippen molar-refractivity contribution in [3.63, 3.8) is 0 Å². The molecule has 0 aromatic carbocycles. The molecule has 1 aromatic rings. The molecule has 13 heavy (non-hydrogen) atoms. The smallest absolute Gasteiger partial charge is 0.256 e. The van der Waals surface area contributed by atoms with Crippen LogP contribution < -0.4 is 5.56 Å². The Labute approximate surface area is 78.8 Å². The molecule has 0 N–H and O–H groups in total. The Morgan fingerprint density at radius 3 is 2.77 bits per heavy atom. The van der Waals surface area contributed by atoms with Gasteiger partial charge in [-0.3, -0.25) is 4.79 Å². The van der Waals surface area contributed by atoms with Crippen molar-refractivity contribution in [1.82, 2.24) is 4.57 Å². The highest BCUT2D eigenvalue weighted by molar-refractivity contribution is 6.17. The summed E-state index contributed by atoms with van der Waals surface area (Å²) in [4.78, 5) is 11.3. The van der Waals surface area contributed by atoms with Gasteiger partial charge in [-0.2, -0.15) is 0 Å². The fourth-order valence-corrected chi connectivity index (χ4v) is 1.18. The maximum atomic E-state index is 11.9. The minimum atomic E-state index is -2.52. The molecule has 0 amide bonds. The third-order valence-corrected chi connectivity index (χ3v) is 1.87. The molecule has 5 heteroatoms.